The van der Waals surface area contributed by atoms with Crippen LogP contribution in [-0.4, -0.2) is 18.1 Å². The monoisotopic (exact) mass is 246 g/mol. The van der Waals surface area contributed by atoms with Gasteiger partial charge in [-0.25, -0.2) is 8.78 Å². The topological polar surface area (TPSA) is 17.1 Å². The van der Waals surface area contributed by atoms with Crippen molar-refractivity contribution in [2.24, 2.45) is 0 Å². The molecular weight excluding hydrogens is 236 g/mol. The normalized spacial score (nSPS) is 18.8. The van der Waals surface area contributed by atoms with E-state index in [2.05, 4.69) is 0 Å². The molecule has 1 aliphatic carbocycles. The fraction of sp³-hybridized carbons (Fsp3) is 0.417. The van der Waals surface area contributed by atoms with Crippen LogP contribution in [0.5, 0.6) is 0 Å². The zero-order valence-corrected chi connectivity index (χ0v) is 8.80. The highest BCUT2D eigenvalue weighted by molar-refractivity contribution is 5.87. The third-order valence-electron chi connectivity index (χ3n) is 3.04. The average molecular weight is 246 g/mol. The van der Waals surface area contributed by atoms with Crippen molar-refractivity contribution in [1.82, 2.24) is 0 Å². The lowest BCUT2D eigenvalue weighted by Gasteiger charge is -2.30. The summed E-state index contributed by atoms with van der Waals surface area (Å²) in [7, 11) is 0. The van der Waals surface area contributed by atoms with Gasteiger partial charge in [0, 0.05) is 6.42 Å². The van der Waals surface area contributed by atoms with Crippen LogP contribution in [0.3, 0.4) is 0 Å². The van der Waals surface area contributed by atoms with Crippen molar-refractivity contribution >= 4 is 5.78 Å². The van der Waals surface area contributed by atoms with Gasteiger partial charge in [-0.3, -0.25) is 4.79 Å². The van der Waals surface area contributed by atoms with Crippen LogP contribution in [-0.2, 0) is 11.2 Å². The van der Waals surface area contributed by atoms with Gasteiger partial charge in [-0.15, -0.1) is 0 Å². The summed E-state index contributed by atoms with van der Waals surface area (Å²) < 4.78 is 49.4. The Morgan fingerprint density at radius 1 is 1.35 bits per heavy atom. The van der Waals surface area contributed by atoms with Crippen molar-refractivity contribution in [2.45, 2.75) is 31.1 Å². The van der Waals surface area contributed by atoms with Crippen LogP contribution in [0, 0.1) is 0 Å². The molecule has 1 aromatic carbocycles. The van der Waals surface area contributed by atoms with Crippen molar-refractivity contribution in [1.29, 1.82) is 0 Å². The molecule has 0 saturated heterocycles. The Hall–Kier alpha value is -1.39. The van der Waals surface area contributed by atoms with E-state index in [4.69, 9.17) is 0 Å². The van der Waals surface area contributed by atoms with E-state index < -0.39 is 24.6 Å². The zero-order chi connectivity index (χ0) is 12.6. The highest BCUT2D eigenvalue weighted by atomic mass is 19.3. The summed E-state index contributed by atoms with van der Waals surface area (Å²) in [6.07, 6.45) is -3.94. The molecule has 1 unspecified atom stereocenters. The number of carbonyl (C=O) groups is 1. The predicted octanol–water partition coefficient (Wildman–Crippen LogP) is 3.19. The van der Waals surface area contributed by atoms with Gasteiger partial charge in [0.2, 0.25) is 5.78 Å². The quantitative estimate of drug-likeness (QED) is 0.746. The number of Topliss-reactive ketones (excluding diaryl/α,β-unsaturated/α-hetero) is 1. The second kappa shape index (κ2) is 4.13. The van der Waals surface area contributed by atoms with E-state index in [1.54, 1.807) is 12.1 Å². The fourth-order valence-electron chi connectivity index (χ4n) is 2.03. The van der Waals surface area contributed by atoms with Gasteiger partial charge in [0.1, 0.15) is 0 Å². The molecule has 0 N–H and O–H groups in total. The van der Waals surface area contributed by atoms with Crippen molar-refractivity contribution in [3.05, 3.63) is 35.4 Å². The Morgan fingerprint density at radius 3 is 2.59 bits per heavy atom. The van der Waals surface area contributed by atoms with Crippen molar-refractivity contribution < 1.29 is 22.4 Å². The molecule has 0 aromatic heterocycles. The molecule has 1 aliphatic rings. The van der Waals surface area contributed by atoms with Gasteiger partial charge in [0.05, 0.1) is 0 Å². The molecule has 0 saturated carbocycles. The van der Waals surface area contributed by atoms with Gasteiger partial charge in [-0.2, -0.15) is 8.78 Å². The molecule has 0 heterocycles. The first kappa shape index (κ1) is 12.1. The predicted molar refractivity (Wildman–Crippen MR) is 53.5 cm³/mol. The SMILES string of the molecule is O=C(CC1Cc2ccccc21)C(F)(F)C(F)F. The molecule has 92 valence electrons. The van der Waals surface area contributed by atoms with E-state index >= 15 is 0 Å². The molecule has 0 fully saturated rings. The first-order valence-corrected chi connectivity index (χ1v) is 5.20. The maximum absolute atomic E-state index is 12.7. The second-order valence-corrected chi connectivity index (χ2v) is 4.15. The molecule has 0 radical (unpaired) electrons. The van der Waals surface area contributed by atoms with E-state index in [9.17, 15) is 22.4 Å². The van der Waals surface area contributed by atoms with Gasteiger partial charge in [-0.05, 0) is 23.5 Å². The van der Waals surface area contributed by atoms with Crippen LogP contribution in [0.2, 0.25) is 0 Å². The fourth-order valence-corrected chi connectivity index (χ4v) is 2.03. The maximum Gasteiger partial charge on any atom is 0.364 e. The number of hydrogen-bond acceptors (Lipinski definition) is 1. The average Bonchev–Trinajstić information content (AvgIpc) is 2.25. The molecule has 0 bridgehead atoms. The molecule has 1 aromatic rings. The minimum atomic E-state index is -4.52. The summed E-state index contributed by atoms with van der Waals surface area (Å²) in [6, 6.07) is 7.12. The van der Waals surface area contributed by atoms with Gasteiger partial charge >= 0.3 is 12.3 Å². The van der Waals surface area contributed by atoms with E-state index in [1.165, 1.54) is 0 Å². The number of benzene rings is 1. The lowest BCUT2D eigenvalue weighted by atomic mass is 9.74. The van der Waals surface area contributed by atoms with Crippen LogP contribution in [0.25, 0.3) is 0 Å². The summed E-state index contributed by atoms with van der Waals surface area (Å²) in [5.74, 6) is -6.54. The van der Waals surface area contributed by atoms with Crippen LogP contribution in [0.4, 0.5) is 17.6 Å². The first-order valence-electron chi connectivity index (χ1n) is 5.20. The van der Waals surface area contributed by atoms with E-state index in [-0.39, 0.29) is 5.92 Å². The van der Waals surface area contributed by atoms with Crippen LogP contribution < -0.4 is 0 Å². The summed E-state index contributed by atoms with van der Waals surface area (Å²) >= 11 is 0. The standard InChI is InChI=1S/C12H10F4O/c13-11(14)12(15,16)10(17)6-8-5-7-3-1-2-4-9(7)8/h1-4,8,11H,5-6H2. The van der Waals surface area contributed by atoms with Gasteiger partial charge in [0.15, 0.2) is 0 Å². The van der Waals surface area contributed by atoms with Gasteiger partial charge < -0.3 is 0 Å². The minimum absolute atomic E-state index is 0.344. The number of fused-ring (bicyclic) bond motifs is 1. The van der Waals surface area contributed by atoms with Crippen molar-refractivity contribution in [2.75, 3.05) is 0 Å². The van der Waals surface area contributed by atoms with E-state index in [0.29, 0.717) is 6.42 Å². The largest absolute Gasteiger partial charge is 0.364 e. The molecule has 5 heteroatoms. The Labute approximate surface area is 95.4 Å². The molecule has 1 atom stereocenters. The van der Waals surface area contributed by atoms with Crippen LogP contribution >= 0.6 is 0 Å². The van der Waals surface area contributed by atoms with E-state index in [0.717, 1.165) is 11.1 Å². The number of alkyl halides is 4. The highest BCUT2D eigenvalue weighted by Gasteiger charge is 2.49. The number of carbonyl (C=O) groups excluding carboxylic acids is 1. The third kappa shape index (κ3) is 2.06. The summed E-state index contributed by atoms with van der Waals surface area (Å²) in [4.78, 5) is 11.1. The molecule has 0 spiro atoms. The molecule has 2 rings (SSSR count). The van der Waals surface area contributed by atoms with Gasteiger partial charge in [-0.1, -0.05) is 24.3 Å². The Morgan fingerprint density at radius 2 is 2.00 bits per heavy atom. The third-order valence-corrected chi connectivity index (χ3v) is 3.04. The number of halogens is 4. The second-order valence-electron chi connectivity index (χ2n) is 4.15. The molecule has 0 aliphatic heterocycles. The van der Waals surface area contributed by atoms with Crippen LogP contribution in [0.15, 0.2) is 24.3 Å². The molecule has 1 nitrogen and oxygen atoms in total. The number of ketones is 1. The van der Waals surface area contributed by atoms with Gasteiger partial charge in [0.25, 0.3) is 0 Å². The maximum atomic E-state index is 12.7. The van der Waals surface area contributed by atoms with Crippen LogP contribution in [0.1, 0.15) is 23.5 Å². The number of rotatable bonds is 4. The Bertz CT molecular complexity index is 442. The molecule has 0 amide bonds. The number of hydrogen-bond donors (Lipinski definition) is 0. The Kier molecular flexibility index (Phi) is 2.93. The summed E-state index contributed by atoms with van der Waals surface area (Å²) in [5, 5.41) is 0. The van der Waals surface area contributed by atoms with Crippen molar-refractivity contribution in [3.63, 3.8) is 0 Å². The minimum Gasteiger partial charge on any atom is -0.293 e. The summed E-state index contributed by atoms with van der Waals surface area (Å²) in [6.45, 7) is 0. The lowest BCUT2D eigenvalue weighted by molar-refractivity contribution is -0.167. The molecular formula is C12H10F4O. The van der Waals surface area contributed by atoms with E-state index in [1.807, 2.05) is 12.1 Å². The molecule has 17 heavy (non-hydrogen) atoms. The highest BCUT2D eigenvalue weighted by Crippen LogP contribution is 2.39. The first-order chi connectivity index (χ1) is 7.93. The van der Waals surface area contributed by atoms with Crippen molar-refractivity contribution in [3.8, 4) is 0 Å². The Balaban J connectivity index is 2.04. The summed E-state index contributed by atoms with van der Waals surface area (Å²) in [5.41, 5.74) is 1.80. The lowest BCUT2D eigenvalue weighted by Crippen LogP contribution is -2.38. The zero-order valence-electron chi connectivity index (χ0n) is 8.80. The smallest absolute Gasteiger partial charge is 0.293 e.